The van der Waals surface area contributed by atoms with Crippen molar-refractivity contribution in [2.75, 3.05) is 63.6 Å². The summed E-state index contributed by atoms with van der Waals surface area (Å²) in [4.78, 5) is 17.1. The van der Waals surface area contributed by atoms with Crippen LogP contribution in [-0.2, 0) is 14.8 Å². The number of rotatable bonds is 7. The third kappa shape index (κ3) is 6.79. The van der Waals surface area contributed by atoms with Crippen LogP contribution >= 0.6 is 0 Å². The van der Waals surface area contributed by atoms with Gasteiger partial charge in [0.2, 0.25) is 16.0 Å². The average molecular weight is 426 g/mol. The van der Waals surface area contributed by atoms with Crippen LogP contribution in [0.5, 0.6) is 0 Å². The third-order valence-corrected chi connectivity index (χ3v) is 6.43. The molecule has 0 radical (unpaired) electrons. The number of anilines is 1. The predicted octanol–water partition coefficient (Wildman–Crippen LogP) is -0.337. The number of sulfonamides is 1. The van der Waals surface area contributed by atoms with E-state index in [9.17, 15) is 8.42 Å². The summed E-state index contributed by atoms with van der Waals surface area (Å²) in [6.07, 6.45) is 6.53. The molecular formula is C18H31N7O3S. The van der Waals surface area contributed by atoms with Crippen LogP contribution in [0.2, 0.25) is 0 Å². The van der Waals surface area contributed by atoms with Gasteiger partial charge in [-0.1, -0.05) is 0 Å². The van der Waals surface area contributed by atoms with E-state index in [4.69, 9.17) is 4.74 Å². The van der Waals surface area contributed by atoms with E-state index >= 15 is 0 Å². The SMILES string of the molecule is CN=C(NCCS(=O)(=O)NCC1CCCCO1)N1CCN(c2ncccn2)CC1. The zero-order chi connectivity index (χ0) is 20.5. The van der Waals surface area contributed by atoms with Gasteiger partial charge < -0.3 is 19.9 Å². The van der Waals surface area contributed by atoms with Gasteiger partial charge in [-0.2, -0.15) is 0 Å². The predicted molar refractivity (Wildman–Crippen MR) is 113 cm³/mol. The summed E-state index contributed by atoms with van der Waals surface area (Å²) in [5.74, 6) is 1.44. The van der Waals surface area contributed by atoms with Crippen LogP contribution in [0, 0.1) is 0 Å². The molecule has 0 aromatic carbocycles. The van der Waals surface area contributed by atoms with Gasteiger partial charge in [-0.3, -0.25) is 4.99 Å². The first-order valence-electron chi connectivity index (χ1n) is 10.1. The van der Waals surface area contributed by atoms with Gasteiger partial charge in [0.05, 0.1) is 11.9 Å². The summed E-state index contributed by atoms with van der Waals surface area (Å²) in [5, 5.41) is 3.16. The Balaban J connectivity index is 1.39. The molecule has 0 bridgehead atoms. The summed E-state index contributed by atoms with van der Waals surface area (Å²) < 4.78 is 32.7. The Morgan fingerprint density at radius 3 is 2.66 bits per heavy atom. The molecule has 0 aliphatic carbocycles. The summed E-state index contributed by atoms with van der Waals surface area (Å²) in [5.41, 5.74) is 0. The van der Waals surface area contributed by atoms with Gasteiger partial charge in [0.15, 0.2) is 5.96 Å². The van der Waals surface area contributed by atoms with Gasteiger partial charge in [-0.15, -0.1) is 0 Å². The molecule has 10 nitrogen and oxygen atoms in total. The quantitative estimate of drug-likeness (QED) is 0.451. The van der Waals surface area contributed by atoms with Crippen LogP contribution in [0.25, 0.3) is 0 Å². The van der Waals surface area contributed by atoms with Crippen LogP contribution in [0.3, 0.4) is 0 Å². The molecule has 29 heavy (non-hydrogen) atoms. The second kappa shape index (κ2) is 10.7. The molecule has 2 saturated heterocycles. The van der Waals surface area contributed by atoms with Gasteiger partial charge >= 0.3 is 0 Å². The first-order chi connectivity index (χ1) is 14.1. The number of piperazine rings is 1. The molecular weight excluding hydrogens is 394 g/mol. The lowest BCUT2D eigenvalue weighted by molar-refractivity contribution is 0.0200. The third-order valence-electron chi connectivity index (χ3n) is 5.08. The van der Waals surface area contributed by atoms with Crippen molar-refractivity contribution in [1.82, 2.24) is 24.9 Å². The van der Waals surface area contributed by atoms with E-state index in [1.165, 1.54) is 0 Å². The maximum absolute atomic E-state index is 12.2. The van der Waals surface area contributed by atoms with Gasteiger partial charge in [0.1, 0.15) is 0 Å². The normalized spacial score (nSPS) is 21.3. The van der Waals surface area contributed by atoms with Crippen LogP contribution in [0.4, 0.5) is 5.95 Å². The number of hydrogen-bond acceptors (Lipinski definition) is 7. The van der Waals surface area contributed by atoms with E-state index in [2.05, 4.69) is 34.8 Å². The van der Waals surface area contributed by atoms with Gasteiger partial charge in [0, 0.05) is 65.3 Å². The molecule has 1 atom stereocenters. The molecule has 11 heteroatoms. The number of nitrogens with one attached hydrogen (secondary N) is 2. The minimum absolute atomic E-state index is 0.00341. The van der Waals surface area contributed by atoms with Gasteiger partial charge in [-0.05, 0) is 25.3 Å². The number of ether oxygens (including phenoxy) is 1. The fourth-order valence-electron chi connectivity index (χ4n) is 3.46. The molecule has 2 N–H and O–H groups in total. The van der Waals surface area contributed by atoms with Crippen LogP contribution in [0.15, 0.2) is 23.5 Å². The van der Waals surface area contributed by atoms with Crippen LogP contribution < -0.4 is 14.9 Å². The van der Waals surface area contributed by atoms with E-state index in [0.29, 0.717) is 25.7 Å². The molecule has 2 aliphatic rings. The fraction of sp³-hybridized carbons (Fsp3) is 0.722. The Morgan fingerprint density at radius 2 is 2.00 bits per heavy atom. The topological polar surface area (TPSA) is 112 Å². The highest BCUT2D eigenvalue weighted by Crippen LogP contribution is 2.12. The Bertz CT molecular complexity index is 746. The maximum Gasteiger partial charge on any atom is 0.225 e. The lowest BCUT2D eigenvalue weighted by Crippen LogP contribution is -2.53. The summed E-state index contributed by atoms with van der Waals surface area (Å²) in [6, 6.07) is 1.80. The highest BCUT2D eigenvalue weighted by molar-refractivity contribution is 7.89. The Kier molecular flexibility index (Phi) is 8.01. The number of aliphatic imine (C=N–C) groups is 1. The molecule has 0 amide bonds. The number of hydrogen-bond donors (Lipinski definition) is 2. The van der Waals surface area contributed by atoms with Gasteiger partial charge in [0.25, 0.3) is 0 Å². The number of nitrogens with zero attached hydrogens (tertiary/aromatic N) is 5. The number of guanidine groups is 1. The maximum atomic E-state index is 12.2. The Labute approximate surface area is 172 Å². The molecule has 2 fully saturated rings. The standard InChI is InChI=1S/C18H31N7O3S/c1-19-17(24-9-11-25(12-10-24)18-20-6-4-7-21-18)22-8-14-29(26,27)23-15-16-5-2-3-13-28-16/h4,6-7,16,23H,2-3,5,8-15H2,1H3,(H,19,22). The van der Waals surface area contributed by atoms with E-state index in [1.54, 1.807) is 25.5 Å². The smallest absolute Gasteiger partial charge is 0.225 e. The first-order valence-corrected chi connectivity index (χ1v) is 11.8. The van der Waals surface area contributed by atoms with Gasteiger partial charge in [-0.25, -0.2) is 23.1 Å². The second-order valence-corrected chi connectivity index (χ2v) is 9.08. The van der Waals surface area contributed by atoms with Crippen molar-refractivity contribution in [1.29, 1.82) is 0 Å². The van der Waals surface area contributed by atoms with Crippen molar-refractivity contribution >= 4 is 21.9 Å². The molecule has 1 aromatic heterocycles. The van der Waals surface area contributed by atoms with E-state index < -0.39 is 10.0 Å². The lowest BCUT2D eigenvalue weighted by atomic mass is 10.1. The summed E-state index contributed by atoms with van der Waals surface area (Å²) in [7, 11) is -1.64. The largest absolute Gasteiger partial charge is 0.377 e. The van der Waals surface area contributed by atoms with E-state index in [1.807, 2.05) is 0 Å². The monoisotopic (exact) mass is 425 g/mol. The highest BCUT2D eigenvalue weighted by Gasteiger charge is 2.22. The minimum atomic E-state index is -3.35. The van der Waals surface area contributed by atoms with Crippen LogP contribution in [0.1, 0.15) is 19.3 Å². The Morgan fingerprint density at radius 1 is 1.24 bits per heavy atom. The van der Waals surface area contributed by atoms with Crippen molar-refractivity contribution in [3.8, 4) is 0 Å². The average Bonchev–Trinajstić information content (AvgIpc) is 2.77. The minimum Gasteiger partial charge on any atom is -0.377 e. The van der Waals surface area contributed by atoms with Crippen molar-refractivity contribution in [3.05, 3.63) is 18.5 Å². The van der Waals surface area contributed by atoms with E-state index in [-0.39, 0.29) is 11.9 Å². The fourth-order valence-corrected chi connectivity index (χ4v) is 4.42. The molecule has 1 aromatic rings. The molecule has 2 aliphatic heterocycles. The highest BCUT2D eigenvalue weighted by atomic mass is 32.2. The zero-order valence-corrected chi connectivity index (χ0v) is 17.8. The molecule has 3 rings (SSSR count). The number of aromatic nitrogens is 2. The molecule has 0 spiro atoms. The zero-order valence-electron chi connectivity index (χ0n) is 17.0. The lowest BCUT2D eigenvalue weighted by Gasteiger charge is -2.36. The first kappa shape index (κ1) is 21.7. The molecule has 1 unspecified atom stereocenters. The molecule has 3 heterocycles. The Hall–Kier alpha value is -1.98. The van der Waals surface area contributed by atoms with E-state index in [0.717, 1.165) is 51.4 Å². The second-order valence-electron chi connectivity index (χ2n) is 7.15. The summed E-state index contributed by atoms with van der Waals surface area (Å²) >= 11 is 0. The van der Waals surface area contributed by atoms with Crippen molar-refractivity contribution in [3.63, 3.8) is 0 Å². The van der Waals surface area contributed by atoms with Crippen molar-refractivity contribution in [2.24, 2.45) is 4.99 Å². The van der Waals surface area contributed by atoms with Crippen molar-refractivity contribution < 1.29 is 13.2 Å². The summed E-state index contributed by atoms with van der Waals surface area (Å²) in [6.45, 7) is 4.46. The molecule has 162 valence electrons. The van der Waals surface area contributed by atoms with Crippen LogP contribution in [-0.4, -0.2) is 94.0 Å². The molecule has 0 saturated carbocycles. The van der Waals surface area contributed by atoms with Crippen molar-refractivity contribution in [2.45, 2.75) is 25.4 Å².